The van der Waals surface area contributed by atoms with E-state index in [0.717, 1.165) is 17.7 Å². The molecule has 1 heteroatoms. The highest BCUT2D eigenvalue weighted by molar-refractivity contribution is 5.95. The summed E-state index contributed by atoms with van der Waals surface area (Å²) in [7, 11) is 0. The van der Waals surface area contributed by atoms with Crippen molar-refractivity contribution in [1.82, 2.24) is 4.98 Å². The van der Waals surface area contributed by atoms with Gasteiger partial charge in [0.05, 0.1) is 5.69 Å². The minimum absolute atomic E-state index is 0.929. The van der Waals surface area contributed by atoms with Crippen LogP contribution in [0, 0.1) is 0 Å². The second kappa shape index (κ2) is 6.19. The van der Waals surface area contributed by atoms with E-state index in [1.165, 1.54) is 16.3 Å². The van der Waals surface area contributed by atoms with Crippen molar-refractivity contribution in [1.29, 1.82) is 0 Å². The van der Waals surface area contributed by atoms with Crippen molar-refractivity contribution in [3.8, 4) is 0 Å². The Morgan fingerprint density at radius 3 is 2.86 bits per heavy atom. The highest BCUT2D eigenvalue weighted by Crippen LogP contribution is 2.29. The molecule has 102 valence electrons. The number of nitrogens with zero attached hydrogens (tertiary/aromatic N) is 1. The van der Waals surface area contributed by atoms with Gasteiger partial charge in [-0.1, -0.05) is 73.4 Å². The molecular formula is C20H17N. The van der Waals surface area contributed by atoms with E-state index >= 15 is 0 Å². The first-order chi connectivity index (χ1) is 10.4. The molecule has 0 amide bonds. The molecule has 1 nitrogen and oxygen atoms in total. The highest BCUT2D eigenvalue weighted by Gasteiger charge is 2.10. The molecule has 0 N–H and O–H groups in total. The summed E-state index contributed by atoms with van der Waals surface area (Å²) in [6.07, 6.45) is 17.2. The van der Waals surface area contributed by atoms with E-state index in [4.69, 9.17) is 0 Å². The average molecular weight is 271 g/mol. The fraction of sp³-hybridized carbons (Fsp3) is 0.0500. The standard InChI is InChI=1S/C20H17N/c1-2-3-12-18(16-9-5-4-6-10-16)20-19-13-8-7-11-17(19)14-15-21-20/h2-9,11-15H,1,10H2/b12-3-,18-16+. The lowest BCUT2D eigenvalue weighted by atomic mass is 9.95. The maximum Gasteiger partial charge on any atom is 0.0783 e. The molecule has 0 fully saturated rings. The summed E-state index contributed by atoms with van der Waals surface area (Å²) in [5, 5.41) is 2.39. The van der Waals surface area contributed by atoms with Crippen LogP contribution in [0.15, 0.2) is 91.2 Å². The lowest BCUT2D eigenvalue weighted by molar-refractivity contribution is 1.24. The topological polar surface area (TPSA) is 12.9 Å². The first-order valence-electron chi connectivity index (χ1n) is 7.10. The van der Waals surface area contributed by atoms with Gasteiger partial charge in [-0.15, -0.1) is 0 Å². The number of hydrogen-bond acceptors (Lipinski definition) is 1. The van der Waals surface area contributed by atoms with E-state index in [-0.39, 0.29) is 0 Å². The van der Waals surface area contributed by atoms with E-state index in [0.29, 0.717) is 0 Å². The molecule has 1 heterocycles. The number of rotatable bonds is 3. The second-order valence-electron chi connectivity index (χ2n) is 4.91. The minimum Gasteiger partial charge on any atom is -0.256 e. The number of allylic oxidation sites excluding steroid dienone is 9. The second-order valence-corrected chi connectivity index (χ2v) is 4.91. The first kappa shape index (κ1) is 13.3. The zero-order valence-corrected chi connectivity index (χ0v) is 11.9. The van der Waals surface area contributed by atoms with Gasteiger partial charge in [0, 0.05) is 17.2 Å². The summed E-state index contributed by atoms with van der Waals surface area (Å²) in [5.41, 5.74) is 3.47. The smallest absolute Gasteiger partial charge is 0.0783 e. The summed E-state index contributed by atoms with van der Waals surface area (Å²) in [6, 6.07) is 10.4. The predicted molar refractivity (Wildman–Crippen MR) is 90.9 cm³/mol. The Hall–Kier alpha value is -2.67. The van der Waals surface area contributed by atoms with Crippen molar-refractivity contribution in [3.05, 3.63) is 96.9 Å². The molecule has 0 atom stereocenters. The molecule has 0 radical (unpaired) electrons. The predicted octanol–water partition coefficient (Wildman–Crippen LogP) is 5.25. The number of fused-ring (bicyclic) bond motifs is 1. The lowest BCUT2D eigenvalue weighted by Gasteiger charge is -2.12. The van der Waals surface area contributed by atoms with Crippen LogP contribution in [0.5, 0.6) is 0 Å². The number of pyridine rings is 1. The van der Waals surface area contributed by atoms with Gasteiger partial charge in [-0.3, -0.25) is 4.98 Å². The molecule has 3 rings (SSSR count). The van der Waals surface area contributed by atoms with Crippen molar-refractivity contribution >= 4 is 16.3 Å². The summed E-state index contributed by atoms with van der Waals surface area (Å²) in [5.74, 6) is 0. The van der Waals surface area contributed by atoms with Gasteiger partial charge >= 0.3 is 0 Å². The molecule has 0 bridgehead atoms. The maximum atomic E-state index is 4.63. The number of hydrogen-bond donors (Lipinski definition) is 0. The highest BCUT2D eigenvalue weighted by atomic mass is 14.7. The SMILES string of the molecule is C=C/C=C\C(=C1\C=CC=CC1)c1nccc2ccccc12. The molecule has 0 aliphatic heterocycles. The van der Waals surface area contributed by atoms with Crippen molar-refractivity contribution in [2.24, 2.45) is 0 Å². The van der Waals surface area contributed by atoms with Crippen LogP contribution >= 0.6 is 0 Å². The third-order valence-corrected chi connectivity index (χ3v) is 3.56. The van der Waals surface area contributed by atoms with Crippen molar-refractivity contribution in [3.63, 3.8) is 0 Å². The van der Waals surface area contributed by atoms with Gasteiger partial charge in [-0.05, 0) is 23.4 Å². The van der Waals surface area contributed by atoms with Gasteiger partial charge in [-0.2, -0.15) is 0 Å². The molecule has 2 aromatic rings. The van der Waals surface area contributed by atoms with E-state index in [1.807, 2.05) is 12.3 Å². The number of benzene rings is 1. The van der Waals surface area contributed by atoms with Crippen LogP contribution in [0.4, 0.5) is 0 Å². The third-order valence-electron chi connectivity index (χ3n) is 3.56. The quantitative estimate of drug-likeness (QED) is 0.695. The van der Waals surface area contributed by atoms with Gasteiger partial charge in [0.1, 0.15) is 0 Å². The Bertz CT molecular complexity index is 783. The molecule has 0 spiro atoms. The molecular weight excluding hydrogens is 254 g/mol. The summed E-state index contributed by atoms with van der Waals surface area (Å²) in [4.78, 5) is 4.63. The van der Waals surface area contributed by atoms with Crippen molar-refractivity contribution in [2.75, 3.05) is 0 Å². The van der Waals surface area contributed by atoms with Crippen LogP contribution in [0.25, 0.3) is 16.3 Å². The zero-order chi connectivity index (χ0) is 14.5. The van der Waals surface area contributed by atoms with Gasteiger partial charge in [0.15, 0.2) is 0 Å². The monoisotopic (exact) mass is 271 g/mol. The largest absolute Gasteiger partial charge is 0.256 e. The normalized spacial score (nSPS) is 16.6. The van der Waals surface area contributed by atoms with Crippen LogP contribution < -0.4 is 0 Å². The first-order valence-corrected chi connectivity index (χ1v) is 7.10. The molecule has 1 aromatic heterocycles. The van der Waals surface area contributed by atoms with Gasteiger partial charge < -0.3 is 0 Å². The summed E-state index contributed by atoms with van der Waals surface area (Å²) in [6.45, 7) is 3.77. The van der Waals surface area contributed by atoms with E-state index in [1.54, 1.807) is 6.08 Å². The Morgan fingerprint density at radius 1 is 1.14 bits per heavy atom. The average Bonchev–Trinajstić information content (AvgIpc) is 2.56. The molecule has 1 aliphatic carbocycles. The molecule has 21 heavy (non-hydrogen) atoms. The van der Waals surface area contributed by atoms with Crippen LogP contribution in [0.2, 0.25) is 0 Å². The van der Waals surface area contributed by atoms with Crippen LogP contribution in [0.1, 0.15) is 12.1 Å². The fourth-order valence-electron chi connectivity index (χ4n) is 2.55. The molecule has 0 saturated heterocycles. The Labute approximate surface area is 125 Å². The lowest BCUT2D eigenvalue weighted by Crippen LogP contribution is -1.94. The fourth-order valence-corrected chi connectivity index (χ4v) is 2.55. The minimum atomic E-state index is 0.929. The Balaban J connectivity index is 2.24. The zero-order valence-electron chi connectivity index (χ0n) is 11.9. The van der Waals surface area contributed by atoms with Gasteiger partial charge in [-0.25, -0.2) is 0 Å². The summed E-state index contributed by atoms with van der Waals surface area (Å²) < 4.78 is 0. The van der Waals surface area contributed by atoms with Crippen molar-refractivity contribution in [2.45, 2.75) is 6.42 Å². The van der Waals surface area contributed by atoms with E-state index in [9.17, 15) is 0 Å². The van der Waals surface area contributed by atoms with Crippen LogP contribution in [0.3, 0.4) is 0 Å². The van der Waals surface area contributed by atoms with Crippen molar-refractivity contribution < 1.29 is 0 Å². The van der Waals surface area contributed by atoms with E-state index in [2.05, 4.69) is 72.3 Å². The summed E-state index contributed by atoms with van der Waals surface area (Å²) >= 11 is 0. The van der Waals surface area contributed by atoms with E-state index < -0.39 is 0 Å². The molecule has 1 aliphatic rings. The maximum absolute atomic E-state index is 4.63. The molecule has 1 aromatic carbocycles. The molecule has 0 unspecified atom stereocenters. The Kier molecular flexibility index (Phi) is 3.92. The Morgan fingerprint density at radius 2 is 2.05 bits per heavy atom. The molecule has 0 saturated carbocycles. The van der Waals surface area contributed by atoms with Gasteiger partial charge in [0.2, 0.25) is 0 Å². The third kappa shape index (κ3) is 2.77. The van der Waals surface area contributed by atoms with Crippen LogP contribution in [-0.2, 0) is 0 Å². The number of aromatic nitrogens is 1. The van der Waals surface area contributed by atoms with Gasteiger partial charge in [0.25, 0.3) is 0 Å². The van der Waals surface area contributed by atoms with Crippen LogP contribution in [-0.4, -0.2) is 4.98 Å².